The Balaban J connectivity index is 2.11. The Hall–Kier alpha value is -2.33. The zero-order chi connectivity index (χ0) is 19.8. The summed E-state index contributed by atoms with van der Waals surface area (Å²) in [7, 11) is 0. The fourth-order valence-corrected chi connectivity index (χ4v) is 2.97. The molecule has 0 aromatic heterocycles. The lowest BCUT2D eigenvalue weighted by atomic mass is 10.1. The minimum absolute atomic E-state index is 0.0377. The number of hydrogen-bond donors (Lipinski definition) is 1. The van der Waals surface area contributed by atoms with Gasteiger partial charge >= 0.3 is 0 Å². The monoisotopic (exact) mass is 386 g/mol. The van der Waals surface area contributed by atoms with Crippen LogP contribution in [-0.2, 0) is 22.6 Å². The lowest BCUT2D eigenvalue weighted by molar-refractivity contribution is -0.140. The van der Waals surface area contributed by atoms with Crippen LogP contribution in [0.5, 0.6) is 0 Å². The molecular weight excluding hydrogens is 360 g/mol. The minimum atomic E-state index is -0.536. The van der Waals surface area contributed by atoms with E-state index in [9.17, 15) is 9.59 Å². The maximum absolute atomic E-state index is 12.9. The molecule has 1 N–H and O–H groups in total. The number of rotatable bonds is 8. The number of nitrogens with zero attached hydrogens (tertiary/aromatic N) is 1. The summed E-state index contributed by atoms with van der Waals surface area (Å²) < 4.78 is 0. The van der Waals surface area contributed by atoms with Gasteiger partial charge in [0, 0.05) is 24.5 Å². The first-order valence-corrected chi connectivity index (χ1v) is 9.65. The zero-order valence-corrected chi connectivity index (χ0v) is 16.9. The molecule has 0 unspecified atom stereocenters. The van der Waals surface area contributed by atoms with Crippen LogP contribution in [0.4, 0.5) is 0 Å². The quantitative estimate of drug-likeness (QED) is 0.741. The molecule has 0 bridgehead atoms. The van der Waals surface area contributed by atoms with Crippen LogP contribution in [0.3, 0.4) is 0 Å². The summed E-state index contributed by atoms with van der Waals surface area (Å²) in [5.74, 6) is -0.181. The molecule has 0 aliphatic rings. The SMILES string of the molecule is CCNC(=O)[C@@H](C)N(Cc1ccc(Cl)cc1)C(=O)CCc1ccc(C)cc1. The molecule has 5 heteroatoms. The highest BCUT2D eigenvalue weighted by Crippen LogP contribution is 2.15. The van der Waals surface area contributed by atoms with Gasteiger partial charge in [0.1, 0.15) is 6.04 Å². The van der Waals surface area contributed by atoms with Gasteiger partial charge < -0.3 is 10.2 Å². The molecule has 2 rings (SSSR count). The van der Waals surface area contributed by atoms with Crippen LogP contribution < -0.4 is 5.32 Å². The van der Waals surface area contributed by atoms with Crippen LogP contribution in [-0.4, -0.2) is 29.3 Å². The molecule has 0 radical (unpaired) electrons. The van der Waals surface area contributed by atoms with E-state index in [1.807, 2.05) is 50.2 Å². The van der Waals surface area contributed by atoms with Crippen LogP contribution in [0.2, 0.25) is 5.02 Å². The molecule has 0 spiro atoms. The van der Waals surface area contributed by atoms with Gasteiger partial charge in [-0.25, -0.2) is 0 Å². The summed E-state index contributed by atoms with van der Waals surface area (Å²) in [5.41, 5.74) is 3.25. The van der Waals surface area contributed by atoms with Crippen molar-refractivity contribution < 1.29 is 9.59 Å². The summed E-state index contributed by atoms with van der Waals surface area (Å²) in [6.07, 6.45) is 1.01. The third-order valence-corrected chi connectivity index (χ3v) is 4.78. The lowest BCUT2D eigenvalue weighted by Crippen LogP contribution is -2.47. The average molecular weight is 387 g/mol. The first kappa shape index (κ1) is 21.0. The molecule has 0 aliphatic carbocycles. The van der Waals surface area contributed by atoms with E-state index in [0.29, 0.717) is 31.0 Å². The van der Waals surface area contributed by atoms with Gasteiger partial charge in [-0.15, -0.1) is 0 Å². The van der Waals surface area contributed by atoms with Crippen molar-refractivity contribution in [3.63, 3.8) is 0 Å². The first-order valence-electron chi connectivity index (χ1n) is 9.28. The molecule has 0 saturated heterocycles. The maximum Gasteiger partial charge on any atom is 0.242 e. The number of carbonyl (C=O) groups excluding carboxylic acids is 2. The van der Waals surface area contributed by atoms with E-state index in [0.717, 1.165) is 11.1 Å². The third kappa shape index (κ3) is 6.40. The summed E-state index contributed by atoms with van der Waals surface area (Å²) in [6.45, 7) is 6.59. The Kier molecular flexibility index (Phi) is 7.86. The molecule has 144 valence electrons. The van der Waals surface area contributed by atoms with Gasteiger partial charge in [0.25, 0.3) is 0 Å². The number of amides is 2. The van der Waals surface area contributed by atoms with Crippen molar-refractivity contribution in [1.82, 2.24) is 10.2 Å². The Bertz CT molecular complexity index is 757. The lowest BCUT2D eigenvalue weighted by Gasteiger charge is -2.29. The Labute approximate surface area is 166 Å². The second-order valence-corrected chi connectivity index (χ2v) is 7.14. The zero-order valence-electron chi connectivity index (χ0n) is 16.2. The van der Waals surface area contributed by atoms with Crippen molar-refractivity contribution in [2.24, 2.45) is 0 Å². The summed E-state index contributed by atoms with van der Waals surface area (Å²) in [5, 5.41) is 3.45. The van der Waals surface area contributed by atoms with E-state index in [1.165, 1.54) is 5.56 Å². The van der Waals surface area contributed by atoms with E-state index in [2.05, 4.69) is 5.32 Å². The largest absolute Gasteiger partial charge is 0.355 e. The fraction of sp³-hybridized carbons (Fsp3) is 0.364. The van der Waals surface area contributed by atoms with Crippen LogP contribution in [0.15, 0.2) is 48.5 Å². The molecule has 2 amide bonds. The van der Waals surface area contributed by atoms with Crippen LogP contribution in [0, 0.1) is 6.92 Å². The van der Waals surface area contributed by atoms with Gasteiger partial charge in [-0.1, -0.05) is 53.6 Å². The number of likely N-dealkylation sites (N-methyl/N-ethyl adjacent to an activating group) is 1. The van der Waals surface area contributed by atoms with Gasteiger partial charge in [-0.2, -0.15) is 0 Å². The third-order valence-electron chi connectivity index (χ3n) is 4.53. The molecule has 4 nitrogen and oxygen atoms in total. The molecule has 0 saturated carbocycles. The summed E-state index contributed by atoms with van der Waals surface area (Å²) in [4.78, 5) is 26.9. The second-order valence-electron chi connectivity index (χ2n) is 6.70. The second kappa shape index (κ2) is 10.1. The molecule has 1 atom stereocenters. The predicted octanol–water partition coefficient (Wildman–Crippen LogP) is 4.13. The summed E-state index contributed by atoms with van der Waals surface area (Å²) in [6, 6.07) is 15.0. The first-order chi connectivity index (χ1) is 12.9. The van der Waals surface area contributed by atoms with E-state index < -0.39 is 6.04 Å². The standard InChI is InChI=1S/C22H27ClN2O2/c1-4-24-22(27)17(3)25(15-19-9-12-20(23)13-10-19)21(26)14-11-18-7-5-16(2)6-8-18/h5-10,12-13,17H,4,11,14-15H2,1-3H3,(H,24,27)/t17-/m1/s1. The normalized spacial score (nSPS) is 11.7. The maximum atomic E-state index is 12.9. The molecule has 2 aromatic rings. The average Bonchev–Trinajstić information content (AvgIpc) is 2.66. The highest BCUT2D eigenvalue weighted by Gasteiger charge is 2.25. The number of halogens is 1. The molecule has 0 fully saturated rings. The summed E-state index contributed by atoms with van der Waals surface area (Å²) >= 11 is 5.95. The number of carbonyl (C=O) groups is 2. The van der Waals surface area contributed by atoms with E-state index in [1.54, 1.807) is 24.0 Å². The smallest absolute Gasteiger partial charge is 0.242 e. The van der Waals surface area contributed by atoms with Gasteiger partial charge in [0.2, 0.25) is 11.8 Å². The highest BCUT2D eigenvalue weighted by atomic mass is 35.5. The molecule has 0 aliphatic heterocycles. The van der Waals surface area contributed by atoms with E-state index >= 15 is 0 Å². The van der Waals surface area contributed by atoms with Crippen LogP contribution in [0.1, 0.15) is 37.0 Å². The Morgan fingerprint density at radius 3 is 2.22 bits per heavy atom. The van der Waals surface area contributed by atoms with Crippen molar-refractivity contribution in [3.05, 3.63) is 70.2 Å². The van der Waals surface area contributed by atoms with Gasteiger partial charge in [-0.05, 0) is 50.5 Å². The molecule has 2 aromatic carbocycles. The van der Waals surface area contributed by atoms with Crippen LogP contribution in [0.25, 0.3) is 0 Å². The van der Waals surface area contributed by atoms with Crippen molar-refractivity contribution >= 4 is 23.4 Å². The number of nitrogens with one attached hydrogen (secondary N) is 1. The molecule has 27 heavy (non-hydrogen) atoms. The number of hydrogen-bond acceptors (Lipinski definition) is 2. The fourth-order valence-electron chi connectivity index (χ4n) is 2.84. The van der Waals surface area contributed by atoms with Crippen molar-refractivity contribution in [2.45, 2.75) is 46.2 Å². The van der Waals surface area contributed by atoms with Gasteiger partial charge in [-0.3, -0.25) is 9.59 Å². The minimum Gasteiger partial charge on any atom is -0.355 e. The van der Waals surface area contributed by atoms with Crippen molar-refractivity contribution in [1.29, 1.82) is 0 Å². The predicted molar refractivity (Wildman–Crippen MR) is 110 cm³/mol. The van der Waals surface area contributed by atoms with Gasteiger partial charge in [0.05, 0.1) is 0 Å². The van der Waals surface area contributed by atoms with Gasteiger partial charge in [0.15, 0.2) is 0 Å². The van der Waals surface area contributed by atoms with Crippen molar-refractivity contribution in [3.8, 4) is 0 Å². The van der Waals surface area contributed by atoms with Crippen molar-refractivity contribution in [2.75, 3.05) is 6.54 Å². The van der Waals surface area contributed by atoms with E-state index in [-0.39, 0.29) is 11.8 Å². The van der Waals surface area contributed by atoms with Crippen LogP contribution >= 0.6 is 11.6 Å². The Morgan fingerprint density at radius 1 is 1.04 bits per heavy atom. The Morgan fingerprint density at radius 2 is 1.63 bits per heavy atom. The molecular formula is C22H27ClN2O2. The molecule has 0 heterocycles. The van der Waals surface area contributed by atoms with E-state index in [4.69, 9.17) is 11.6 Å². The number of benzene rings is 2. The highest BCUT2D eigenvalue weighted by molar-refractivity contribution is 6.30. The topological polar surface area (TPSA) is 49.4 Å². The number of aryl methyl sites for hydroxylation is 2.